The smallest absolute Gasteiger partial charge is 0.0738 e. The van der Waals surface area contributed by atoms with Crippen LogP contribution in [0.5, 0.6) is 0 Å². The maximum absolute atomic E-state index is 5.98. The van der Waals surface area contributed by atoms with Crippen LogP contribution in [0, 0.1) is 6.92 Å². The van der Waals surface area contributed by atoms with Crippen molar-refractivity contribution in [3.8, 4) is 0 Å². The lowest BCUT2D eigenvalue weighted by Crippen LogP contribution is -2.33. The molecule has 1 aliphatic heterocycles. The fourth-order valence-corrected chi connectivity index (χ4v) is 2.75. The highest BCUT2D eigenvalue weighted by atomic mass is 15.2. The minimum atomic E-state index is 0.560. The molecule has 1 aliphatic rings. The molecule has 0 spiro atoms. The van der Waals surface area contributed by atoms with Gasteiger partial charge < -0.3 is 10.6 Å². The summed E-state index contributed by atoms with van der Waals surface area (Å²) in [4.78, 5) is 6.38. The van der Waals surface area contributed by atoms with Crippen LogP contribution in [-0.2, 0) is 0 Å². The Kier molecular flexibility index (Phi) is 3.11. The molecule has 0 aliphatic carbocycles. The van der Waals surface area contributed by atoms with Crippen LogP contribution in [0.3, 0.4) is 0 Å². The average Bonchev–Trinajstić information content (AvgIpc) is 2.86. The molecule has 19 heavy (non-hydrogen) atoms. The molecule has 0 amide bonds. The van der Waals surface area contributed by atoms with Crippen molar-refractivity contribution in [1.82, 2.24) is 15.2 Å². The number of rotatable bonds is 2. The van der Waals surface area contributed by atoms with Gasteiger partial charge in [0.05, 0.1) is 23.3 Å². The molecule has 2 aromatic heterocycles. The zero-order valence-electron chi connectivity index (χ0n) is 11.1. The number of H-pyrrole nitrogens is 1. The van der Waals surface area contributed by atoms with Gasteiger partial charge in [-0.3, -0.25) is 10.1 Å². The van der Waals surface area contributed by atoms with Gasteiger partial charge in [-0.2, -0.15) is 5.10 Å². The number of hydrogen-bond acceptors (Lipinski definition) is 4. The predicted molar refractivity (Wildman–Crippen MR) is 76.2 cm³/mol. The number of aromatic amines is 1. The summed E-state index contributed by atoms with van der Waals surface area (Å²) >= 11 is 0. The van der Waals surface area contributed by atoms with Crippen molar-refractivity contribution in [1.29, 1.82) is 0 Å². The number of pyridine rings is 1. The zero-order chi connectivity index (χ0) is 13.2. The number of nitrogens with two attached hydrogens (primary N) is 1. The zero-order valence-corrected chi connectivity index (χ0v) is 11.1. The Labute approximate surface area is 112 Å². The molecule has 1 saturated heterocycles. The van der Waals surface area contributed by atoms with E-state index in [1.54, 1.807) is 12.4 Å². The number of aromatic nitrogens is 3. The molecule has 0 bridgehead atoms. The summed E-state index contributed by atoms with van der Waals surface area (Å²) < 4.78 is 0. The van der Waals surface area contributed by atoms with Crippen molar-refractivity contribution >= 4 is 11.4 Å². The fraction of sp³-hybridized carbons (Fsp3) is 0.429. The van der Waals surface area contributed by atoms with E-state index in [1.165, 1.54) is 5.69 Å². The van der Waals surface area contributed by atoms with Gasteiger partial charge in [0.15, 0.2) is 0 Å². The summed E-state index contributed by atoms with van der Waals surface area (Å²) in [5, 5.41) is 7.40. The quantitative estimate of drug-likeness (QED) is 0.864. The van der Waals surface area contributed by atoms with Crippen LogP contribution in [-0.4, -0.2) is 28.3 Å². The molecule has 3 heterocycles. The van der Waals surface area contributed by atoms with Crippen molar-refractivity contribution in [2.45, 2.75) is 25.7 Å². The van der Waals surface area contributed by atoms with E-state index in [2.05, 4.69) is 26.1 Å². The molecule has 1 fully saturated rings. The van der Waals surface area contributed by atoms with E-state index in [1.807, 2.05) is 13.0 Å². The van der Waals surface area contributed by atoms with Crippen molar-refractivity contribution in [3.05, 3.63) is 35.9 Å². The van der Waals surface area contributed by atoms with Crippen molar-refractivity contribution < 1.29 is 0 Å². The summed E-state index contributed by atoms with van der Waals surface area (Å²) in [5.74, 6) is 0.560. The molecular weight excluding hydrogens is 238 g/mol. The van der Waals surface area contributed by atoms with E-state index >= 15 is 0 Å². The summed E-state index contributed by atoms with van der Waals surface area (Å²) in [6, 6.07) is 4.15. The number of hydrogen-bond donors (Lipinski definition) is 2. The third-order valence-corrected chi connectivity index (χ3v) is 3.81. The van der Waals surface area contributed by atoms with E-state index in [4.69, 9.17) is 5.73 Å². The minimum Gasteiger partial charge on any atom is -0.396 e. The molecule has 3 N–H and O–H groups in total. The fourth-order valence-electron chi connectivity index (χ4n) is 2.75. The van der Waals surface area contributed by atoms with Gasteiger partial charge >= 0.3 is 0 Å². The summed E-state index contributed by atoms with van der Waals surface area (Å²) in [7, 11) is 0. The number of nitrogens with one attached hydrogen (secondary N) is 1. The molecular formula is C14H19N5. The Balaban J connectivity index is 1.68. The molecule has 0 aromatic carbocycles. The second kappa shape index (κ2) is 4.91. The molecule has 0 unspecified atom stereocenters. The van der Waals surface area contributed by atoms with E-state index in [-0.39, 0.29) is 0 Å². The lowest BCUT2D eigenvalue weighted by atomic mass is 9.93. The van der Waals surface area contributed by atoms with Crippen LogP contribution in [0.1, 0.15) is 30.1 Å². The summed E-state index contributed by atoms with van der Waals surface area (Å²) in [5.41, 5.74) is 10.2. The number of aryl methyl sites for hydroxylation is 1. The van der Waals surface area contributed by atoms with Crippen molar-refractivity contribution in [2.75, 3.05) is 23.7 Å². The van der Waals surface area contributed by atoms with Crippen LogP contribution < -0.4 is 10.6 Å². The predicted octanol–water partition coefficient (Wildman–Crippen LogP) is 2.08. The minimum absolute atomic E-state index is 0.560. The van der Waals surface area contributed by atoms with E-state index in [0.29, 0.717) is 5.92 Å². The molecule has 5 heteroatoms. The highest BCUT2D eigenvalue weighted by Crippen LogP contribution is 2.31. The van der Waals surface area contributed by atoms with E-state index in [9.17, 15) is 0 Å². The lowest BCUT2D eigenvalue weighted by molar-refractivity contribution is 0.496. The molecule has 0 saturated carbocycles. The SMILES string of the molecule is Cc1cc(C2CCN(c3ccncc3N)CC2)n[nH]1. The topological polar surface area (TPSA) is 70.8 Å². The molecule has 3 rings (SSSR count). The maximum Gasteiger partial charge on any atom is 0.0738 e. The van der Waals surface area contributed by atoms with Crippen LogP contribution >= 0.6 is 0 Å². The Morgan fingerprint density at radius 1 is 1.37 bits per heavy atom. The number of anilines is 2. The Hall–Kier alpha value is -2.04. The molecule has 2 aromatic rings. The third-order valence-electron chi connectivity index (χ3n) is 3.81. The second-order valence-electron chi connectivity index (χ2n) is 5.17. The van der Waals surface area contributed by atoms with Crippen molar-refractivity contribution in [2.24, 2.45) is 0 Å². The Morgan fingerprint density at radius 3 is 2.79 bits per heavy atom. The molecule has 100 valence electrons. The van der Waals surface area contributed by atoms with Gasteiger partial charge in [-0.15, -0.1) is 0 Å². The average molecular weight is 257 g/mol. The third kappa shape index (κ3) is 2.41. The Morgan fingerprint density at radius 2 is 2.16 bits per heavy atom. The second-order valence-corrected chi connectivity index (χ2v) is 5.17. The largest absolute Gasteiger partial charge is 0.396 e. The van der Waals surface area contributed by atoms with Crippen molar-refractivity contribution in [3.63, 3.8) is 0 Å². The van der Waals surface area contributed by atoms with Gasteiger partial charge in [-0.1, -0.05) is 0 Å². The monoisotopic (exact) mass is 257 g/mol. The molecule has 0 atom stereocenters. The number of piperidine rings is 1. The summed E-state index contributed by atoms with van der Waals surface area (Å²) in [6.07, 6.45) is 5.76. The highest BCUT2D eigenvalue weighted by molar-refractivity contribution is 5.66. The number of nitrogen functional groups attached to an aromatic ring is 1. The first kappa shape index (κ1) is 12.0. The van der Waals surface area contributed by atoms with Gasteiger partial charge in [0.2, 0.25) is 0 Å². The molecule has 5 nitrogen and oxygen atoms in total. The first-order chi connectivity index (χ1) is 9.24. The van der Waals surface area contributed by atoms with E-state index in [0.717, 1.165) is 43.0 Å². The van der Waals surface area contributed by atoms with E-state index < -0.39 is 0 Å². The molecule has 0 radical (unpaired) electrons. The van der Waals surface area contributed by atoms with Gasteiger partial charge in [0, 0.05) is 30.9 Å². The van der Waals surface area contributed by atoms with Crippen LogP contribution in [0.15, 0.2) is 24.5 Å². The van der Waals surface area contributed by atoms with Gasteiger partial charge in [0.1, 0.15) is 0 Å². The first-order valence-electron chi connectivity index (χ1n) is 6.70. The van der Waals surface area contributed by atoms with Crippen LogP contribution in [0.2, 0.25) is 0 Å². The Bertz CT molecular complexity index is 554. The first-order valence-corrected chi connectivity index (χ1v) is 6.70. The maximum atomic E-state index is 5.98. The van der Waals surface area contributed by atoms with Gasteiger partial charge in [-0.25, -0.2) is 0 Å². The van der Waals surface area contributed by atoms with Gasteiger partial charge in [-0.05, 0) is 31.9 Å². The summed E-state index contributed by atoms with van der Waals surface area (Å²) in [6.45, 7) is 4.08. The normalized spacial score (nSPS) is 16.8. The lowest BCUT2D eigenvalue weighted by Gasteiger charge is -2.33. The van der Waals surface area contributed by atoms with Crippen LogP contribution in [0.25, 0.3) is 0 Å². The highest BCUT2D eigenvalue weighted by Gasteiger charge is 2.23. The van der Waals surface area contributed by atoms with Gasteiger partial charge in [0.25, 0.3) is 0 Å². The van der Waals surface area contributed by atoms with Crippen LogP contribution in [0.4, 0.5) is 11.4 Å². The number of nitrogens with zero attached hydrogens (tertiary/aromatic N) is 3. The standard InChI is InChI=1S/C14H19N5/c1-10-8-13(18-17-10)11-3-6-19(7-4-11)14-2-5-16-9-12(14)15/h2,5,8-9,11H,3-4,6-7,15H2,1H3,(H,17,18).